The Bertz CT molecular complexity index is 1480. The molecule has 1 heterocycles. The van der Waals surface area contributed by atoms with Crippen molar-refractivity contribution in [2.45, 2.75) is 26.5 Å². The van der Waals surface area contributed by atoms with Gasteiger partial charge in [-0.25, -0.2) is 10.2 Å². The third kappa shape index (κ3) is 8.06. The van der Waals surface area contributed by atoms with Crippen LogP contribution in [0.1, 0.15) is 36.6 Å². The van der Waals surface area contributed by atoms with E-state index in [0.29, 0.717) is 50.6 Å². The number of carbonyl (C=O) groups is 2. The number of rotatable bonds is 11. The van der Waals surface area contributed by atoms with Gasteiger partial charge in [0, 0.05) is 21.8 Å². The lowest BCUT2D eigenvalue weighted by atomic mass is 9.95. The van der Waals surface area contributed by atoms with Gasteiger partial charge in [0.15, 0.2) is 11.7 Å². The van der Waals surface area contributed by atoms with Gasteiger partial charge in [-0.15, -0.1) is 0 Å². The number of para-hydroxylation sites is 2. The highest BCUT2D eigenvalue weighted by Gasteiger charge is 2.32. The Morgan fingerprint density at radius 2 is 1.73 bits per heavy atom. The third-order valence-electron chi connectivity index (χ3n) is 5.97. The lowest BCUT2D eigenvalue weighted by molar-refractivity contribution is -0.139. The zero-order valence-electron chi connectivity index (χ0n) is 22.5. The number of carbonyl (C=O) groups excluding carboxylic acids is 2. The maximum absolute atomic E-state index is 12.7. The van der Waals surface area contributed by atoms with Crippen LogP contribution in [0.4, 0.5) is 0 Å². The van der Waals surface area contributed by atoms with Gasteiger partial charge in [0.05, 0.1) is 24.4 Å². The Morgan fingerprint density at radius 3 is 2.49 bits per heavy atom. The van der Waals surface area contributed by atoms with Gasteiger partial charge < -0.3 is 24.8 Å². The molecule has 0 saturated heterocycles. The summed E-state index contributed by atoms with van der Waals surface area (Å²) in [4.78, 5) is 25.3. The second-order valence-electron chi connectivity index (χ2n) is 8.86. The van der Waals surface area contributed by atoms with E-state index in [9.17, 15) is 9.59 Å². The molecule has 1 aliphatic heterocycles. The van der Waals surface area contributed by atoms with Gasteiger partial charge in [0.2, 0.25) is 0 Å². The van der Waals surface area contributed by atoms with E-state index >= 15 is 0 Å². The molecule has 0 aromatic heterocycles. The van der Waals surface area contributed by atoms with Crippen LogP contribution in [0.2, 0.25) is 5.02 Å². The van der Waals surface area contributed by atoms with Gasteiger partial charge in [-0.3, -0.25) is 4.79 Å². The first-order chi connectivity index (χ1) is 19.9. The monoisotopic (exact) mass is 592 g/mol. The van der Waals surface area contributed by atoms with Crippen LogP contribution in [0.5, 0.6) is 11.5 Å². The number of hydrogen-bond donors (Lipinski definition) is 3. The number of allylic oxidation sites excluding steroid dienone is 1. The van der Waals surface area contributed by atoms with Crippen molar-refractivity contribution in [2.75, 3.05) is 13.2 Å². The van der Waals surface area contributed by atoms with Crippen molar-refractivity contribution in [3.05, 3.63) is 106 Å². The van der Waals surface area contributed by atoms with Crippen LogP contribution in [0.25, 0.3) is 0 Å². The molecule has 0 radical (unpaired) electrons. The Balaban J connectivity index is 1.39. The number of nitrogens with zero attached hydrogens (tertiary/aromatic N) is 1. The Morgan fingerprint density at radius 1 is 1.02 bits per heavy atom. The summed E-state index contributed by atoms with van der Waals surface area (Å²) in [5.74, 6) is 0.0710. The molecule has 41 heavy (non-hydrogen) atoms. The maximum atomic E-state index is 12.7. The van der Waals surface area contributed by atoms with E-state index in [1.165, 1.54) is 6.21 Å². The first-order valence-electron chi connectivity index (χ1n) is 12.8. The molecule has 3 N–H and O–H groups in total. The van der Waals surface area contributed by atoms with Crippen LogP contribution >= 0.6 is 23.8 Å². The Labute approximate surface area is 248 Å². The van der Waals surface area contributed by atoms with Gasteiger partial charge in [-0.2, -0.15) is 5.10 Å². The number of benzene rings is 3. The lowest BCUT2D eigenvalue weighted by Gasteiger charge is -2.30. The zero-order chi connectivity index (χ0) is 29.2. The van der Waals surface area contributed by atoms with Gasteiger partial charge in [-0.1, -0.05) is 54.1 Å². The molecule has 0 spiro atoms. The van der Waals surface area contributed by atoms with Gasteiger partial charge in [0.1, 0.15) is 18.1 Å². The van der Waals surface area contributed by atoms with Crippen molar-refractivity contribution in [3.63, 3.8) is 0 Å². The van der Waals surface area contributed by atoms with Crippen LogP contribution < -0.4 is 25.5 Å². The molecule has 1 atom stereocenters. The molecule has 4 rings (SSSR count). The predicted octanol–water partition coefficient (Wildman–Crippen LogP) is 4.80. The molecular weight excluding hydrogens is 564 g/mol. The van der Waals surface area contributed by atoms with Crippen molar-refractivity contribution in [1.29, 1.82) is 0 Å². The minimum Gasteiger partial charge on any atom is -0.488 e. The smallest absolute Gasteiger partial charge is 0.338 e. The topological polar surface area (TPSA) is 110 Å². The van der Waals surface area contributed by atoms with Crippen LogP contribution in [-0.2, 0) is 20.9 Å². The predicted molar refractivity (Wildman–Crippen MR) is 161 cm³/mol. The number of amides is 1. The second kappa shape index (κ2) is 14.3. The number of halogens is 1. The van der Waals surface area contributed by atoms with Crippen molar-refractivity contribution in [2.24, 2.45) is 5.10 Å². The Hall–Kier alpha value is -4.41. The normalized spacial score (nSPS) is 14.7. The SMILES string of the molecule is CCOC(=O)C1=C(C)NC(=S)N[C@@H]1c1ccccc1OCC(=O)NN=Cc1ccccc1OCc1ccc(Cl)cc1. The van der Waals surface area contributed by atoms with E-state index in [1.54, 1.807) is 44.2 Å². The molecule has 212 valence electrons. The fourth-order valence-electron chi connectivity index (χ4n) is 4.07. The van der Waals surface area contributed by atoms with Crippen LogP contribution in [-0.4, -0.2) is 36.4 Å². The molecule has 3 aromatic rings. The highest BCUT2D eigenvalue weighted by Crippen LogP contribution is 2.33. The molecule has 11 heteroatoms. The van der Waals surface area contributed by atoms with Crippen molar-refractivity contribution in [1.82, 2.24) is 16.1 Å². The van der Waals surface area contributed by atoms with Gasteiger partial charge >= 0.3 is 5.97 Å². The summed E-state index contributed by atoms with van der Waals surface area (Å²) < 4.78 is 17.0. The molecule has 3 aromatic carbocycles. The second-order valence-corrected chi connectivity index (χ2v) is 9.71. The standard InChI is InChI=1S/C30H29ClN4O5S/c1-3-38-29(37)27-19(2)33-30(41)34-28(27)23-9-5-7-11-25(23)40-18-26(36)35-32-16-21-8-4-6-10-24(21)39-17-20-12-14-22(31)15-13-20/h4-16,28H,3,17-18H2,1-2H3,(H,35,36)(H2,33,34,41)/t28-/m1/s1. The number of hydrogen-bond acceptors (Lipinski definition) is 7. The van der Waals surface area contributed by atoms with E-state index in [0.717, 1.165) is 5.56 Å². The fourth-order valence-corrected chi connectivity index (χ4v) is 4.46. The largest absolute Gasteiger partial charge is 0.488 e. The summed E-state index contributed by atoms with van der Waals surface area (Å²) in [7, 11) is 0. The maximum Gasteiger partial charge on any atom is 0.338 e. The first kappa shape index (κ1) is 29.6. The molecule has 9 nitrogen and oxygen atoms in total. The van der Waals surface area contributed by atoms with E-state index in [4.69, 9.17) is 38.0 Å². The van der Waals surface area contributed by atoms with Gasteiger partial charge in [0.25, 0.3) is 5.91 Å². The molecule has 1 aliphatic rings. The quantitative estimate of drug-likeness (QED) is 0.126. The van der Waals surface area contributed by atoms with Crippen molar-refractivity contribution >= 4 is 47.0 Å². The summed E-state index contributed by atoms with van der Waals surface area (Å²) in [5, 5.41) is 11.1. The number of nitrogens with one attached hydrogen (secondary N) is 3. The van der Waals surface area contributed by atoms with Crippen LogP contribution in [0, 0.1) is 0 Å². The Kier molecular flexibility index (Phi) is 10.3. The fraction of sp³-hybridized carbons (Fsp3) is 0.200. The van der Waals surface area contributed by atoms with Gasteiger partial charge in [-0.05, 0) is 62.0 Å². The molecule has 1 amide bonds. The average Bonchev–Trinajstić information content (AvgIpc) is 2.96. The summed E-state index contributed by atoms with van der Waals surface area (Å²) in [6.45, 7) is 3.76. The van der Waals surface area contributed by atoms with E-state index < -0.39 is 17.9 Å². The lowest BCUT2D eigenvalue weighted by Crippen LogP contribution is -2.45. The molecule has 0 aliphatic carbocycles. The number of thiocarbonyl (C=S) groups is 1. The van der Waals surface area contributed by atoms with Crippen molar-refractivity contribution in [3.8, 4) is 11.5 Å². The number of hydrazone groups is 1. The minimum absolute atomic E-state index is 0.227. The molecule has 0 unspecified atom stereocenters. The number of ether oxygens (including phenoxy) is 3. The van der Waals surface area contributed by atoms with E-state index in [2.05, 4.69) is 21.2 Å². The van der Waals surface area contributed by atoms with E-state index in [1.807, 2.05) is 42.5 Å². The van der Waals surface area contributed by atoms with E-state index in [-0.39, 0.29) is 13.2 Å². The minimum atomic E-state index is -0.621. The molecule has 0 fully saturated rings. The highest BCUT2D eigenvalue weighted by atomic mass is 35.5. The molecule has 0 bridgehead atoms. The summed E-state index contributed by atoms with van der Waals surface area (Å²) in [5.41, 5.74) is 5.71. The summed E-state index contributed by atoms with van der Waals surface area (Å²) >= 11 is 11.3. The highest BCUT2D eigenvalue weighted by molar-refractivity contribution is 7.80. The summed E-state index contributed by atoms with van der Waals surface area (Å²) in [6, 6.07) is 21.2. The van der Waals surface area contributed by atoms with Crippen LogP contribution in [0.3, 0.4) is 0 Å². The number of esters is 1. The van der Waals surface area contributed by atoms with Crippen molar-refractivity contribution < 1.29 is 23.8 Å². The third-order valence-corrected chi connectivity index (χ3v) is 6.44. The molecule has 0 saturated carbocycles. The molecular formula is C30H29ClN4O5S. The first-order valence-corrected chi connectivity index (χ1v) is 13.6. The summed E-state index contributed by atoms with van der Waals surface area (Å²) in [6.07, 6.45) is 1.50. The zero-order valence-corrected chi connectivity index (χ0v) is 24.1. The average molecular weight is 593 g/mol. The van der Waals surface area contributed by atoms with Crippen LogP contribution in [0.15, 0.2) is 89.2 Å².